The molecule has 0 saturated carbocycles. The van der Waals surface area contributed by atoms with Gasteiger partial charge in [0.15, 0.2) is 0 Å². The standard InChI is InChI=1S/C12H19NO2/c1-9-7-10(15-4)5-6-11(9)12(14)8-13(2)3/h5-7,12,14H,8H2,1-4H3. The molecule has 15 heavy (non-hydrogen) atoms. The highest BCUT2D eigenvalue weighted by atomic mass is 16.5. The maximum atomic E-state index is 9.95. The molecule has 0 radical (unpaired) electrons. The van der Waals surface area contributed by atoms with E-state index in [1.54, 1.807) is 7.11 Å². The van der Waals surface area contributed by atoms with Crippen LogP contribution in [0.3, 0.4) is 0 Å². The largest absolute Gasteiger partial charge is 0.497 e. The molecule has 0 aliphatic heterocycles. The molecule has 0 fully saturated rings. The van der Waals surface area contributed by atoms with Gasteiger partial charge in [0, 0.05) is 6.54 Å². The third-order valence-electron chi connectivity index (χ3n) is 2.37. The van der Waals surface area contributed by atoms with Crippen LogP contribution in [0, 0.1) is 6.92 Å². The Balaban J connectivity index is 2.85. The average molecular weight is 209 g/mol. The zero-order valence-electron chi connectivity index (χ0n) is 9.82. The Bertz CT molecular complexity index is 323. The molecule has 0 aliphatic rings. The number of hydrogen-bond donors (Lipinski definition) is 1. The predicted octanol–water partition coefficient (Wildman–Crippen LogP) is 1.60. The van der Waals surface area contributed by atoms with E-state index in [4.69, 9.17) is 4.74 Å². The summed E-state index contributed by atoms with van der Waals surface area (Å²) >= 11 is 0. The van der Waals surface area contributed by atoms with Crippen LogP contribution in [-0.4, -0.2) is 37.8 Å². The number of hydrogen-bond acceptors (Lipinski definition) is 3. The van der Waals surface area contributed by atoms with Crippen LogP contribution in [-0.2, 0) is 0 Å². The molecule has 3 heteroatoms. The minimum atomic E-state index is -0.439. The molecule has 0 saturated heterocycles. The van der Waals surface area contributed by atoms with Crippen molar-refractivity contribution >= 4 is 0 Å². The van der Waals surface area contributed by atoms with E-state index in [1.165, 1.54) is 0 Å². The predicted molar refractivity (Wildman–Crippen MR) is 61.2 cm³/mol. The van der Waals surface area contributed by atoms with E-state index in [9.17, 15) is 5.11 Å². The Labute approximate surface area is 91.3 Å². The van der Waals surface area contributed by atoms with Crippen LogP contribution < -0.4 is 4.74 Å². The second-order valence-corrected chi connectivity index (χ2v) is 4.00. The van der Waals surface area contributed by atoms with Crippen LogP contribution in [0.5, 0.6) is 5.75 Å². The first-order valence-electron chi connectivity index (χ1n) is 5.02. The van der Waals surface area contributed by atoms with Crippen molar-refractivity contribution in [2.75, 3.05) is 27.7 Å². The van der Waals surface area contributed by atoms with Crippen LogP contribution in [0.2, 0.25) is 0 Å². The van der Waals surface area contributed by atoms with Gasteiger partial charge >= 0.3 is 0 Å². The highest BCUT2D eigenvalue weighted by Crippen LogP contribution is 2.22. The molecule has 1 atom stereocenters. The minimum Gasteiger partial charge on any atom is -0.497 e. The molecule has 3 nitrogen and oxygen atoms in total. The Kier molecular flexibility index (Phi) is 4.12. The van der Waals surface area contributed by atoms with Crippen molar-refractivity contribution in [2.24, 2.45) is 0 Å². The summed E-state index contributed by atoms with van der Waals surface area (Å²) in [5, 5.41) is 9.95. The maximum Gasteiger partial charge on any atom is 0.119 e. The van der Waals surface area contributed by atoms with Gasteiger partial charge in [0.05, 0.1) is 13.2 Å². The number of likely N-dealkylation sites (N-methyl/N-ethyl adjacent to an activating group) is 1. The van der Waals surface area contributed by atoms with E-state index < -0.39 is 6.10 Å². The summed E-state index contributed by atoms with van der Waals surface area (Å²) in [5.41, 5.74) is 2.02. The smallest absolute Gasteiger partial charge is 0.119 e. The first-order chi connectivity index (χ1) is 7.04. The van der Waals surface area contributed by atoms with Crippen molar-refractivity contribution in [3.8, 4) is 5.75 Å². The van der Waals surface area contributed by atoms with Crippen LogP contribution in [0.4, 0.5) is 0 Å². The monoisotopic (exact) mass is 209 g/mol. The van der Waals surface area contributed by atoms with Crippen LogP contribution in [0.1, 0.15) is 17.2 Å². The van der Waals surface area contributed by atoms with Gasteiger partial charge in [-0.25, -0.2) is 0 Å². The first kappa shape index (κ1) is 12.0. The Morgan fingerprint density at radius 1 is 1.40 bits per heavy atom. The van der Waals surface area contributed by atoms with Crippen LogP contribution >= 0.6 is 0 Å². The van der Waals surface area contributed by atoms with E-state index in [-0.39, 0.29) is 0 Å². The quantitative estimate of drug-likeness (QED) is 0.817. The third-order valence-corrected chi connectivity index (χ3v) is 2.37. The third kappa shape index (κ3) is 3.22. The summed E-state index contributed by atoms with van der Waals surface area (Å²) in [6.07, 6.45) is -0.439. The van der Waals surface area contributed by atoms with E-state index in [0.29, 0.717) is 6.54 Å². The molecule has 0 spiro atoms. The summed E-state index contributed by atoms with van der Waals surface area (Å²) in [5.74, 6) is 0.827. The summed E-state index contributed by atoms with van der Waals surface area (Å²) in [6, 6.07) is 5.73. The topological polar surface area (TPSA) is 32.7 Å². The summed E-state index contributed by atoms with van der Waals surface area (Å²) in [6.45, 7) is 2.61. The van der Waals surface area contributed by atoms with Crippen molar-refractivity contribution in [2.45, 2.75) is 13.0 Å². The van der Waals surface area contributed by atoms with Gasteiger partial charge in [0.1, 0.15) is 5.75 Å². The number of aliphatic hydroxyl groups is 1. The van der Waals surface area contributed by atoms with Crippen molar-refractivity contribution in [1.29, 1.82) is 0 Å². The van der Waals surface area contributed by atoms with Gasteiger partial charge in [-0.3, -0.25) is 0 Å². The molecule has 1 unspecified atom stereocenters. The van der Waals surface area contributed by atoms with E-state index in [1.807, 2.05) is 44.1 Å². The SMILES string of the molecule is COc1ccc(C(O)CN(C)C)c(C)c1. The Hall–Kier alpha value is -1.06. The van der Waals surface area contributed by atoms with Crippen LogP contribution in [0.25, 0.3) is 0 Å². The van der Waals surface area contributed by atoms with Crippen LogP contribution in [0.15, 0.2) is 18.2 Å². The molecule has 1 aromatic rings. The van der Waals surface area contributed by atoms with E-state index >= 15 is 0 Å². The van der Waals surface area contributed by atoms with Gasteiger partial charge in [0.25, 0.3) is 0 Å². The fraction of sp³-hybridized carbons (Fsp3) is 0.500. The van der Waals surface area contributed by atoms with Gasteiger partial charge < -0.3 is 14.7 Å². The average Bonchev–Trinajstić information content (AvgIpc) is 2.16. The van der Waals surface area contributed by atoms with Crippen molar-refractivity contribution in [3.05, 3.63) is 29.3 Å². The molecule has 0 aliphatic carbocycles. The molecule has 1 aromatic carbocycles. The lowest BCUT2D eigenvalue weighted by Crippen LogP contribution is -2.20. The lowest BCUT2D eigenvalue weighted by molar-refractivity contribution is 0.138. The zero-order chi connectivity index (χ0) is 11.4. The first-order valence-corrected chi connectivity index (χ1v) is 5.02. The molecule has 84 valence electrons. The minimum absolute atomic E-state index is 0.439. The fourth-order valence-corrected chi connectivity index (χ4v) is 1.59. The van der Waals surface area contributed by atoms with E-state index in [0.717, 1.165) is 16.9 Å². The Morgan fingerprint density at radius 3 is 2.53 bits per heavy atom. The molecule has 1 rings (SSSR count). The summed E-state index contributed by atoms with van der Waals surface area (Å²) in [4.78, 5) is 1.97. The van der Waals surface area contributed by atoms with Gasteiger partial charge in [-0.2, -0.15) is 0 Å². The lowest BCUT2D eigenvalue weighted by Gasteiger charge is -2.18. The highest BCUT2D eigenvalue weighted by Gasteiger charge is 2.11. The molecule has 0 heterocycles. The maximum absolute atomic E-state index is 9.95. The summed E-state index contributed by atoms with van der Waals surface area (Å²) < 4.78 is 5.12. The number of ether oxygens (including phenoxy) is 1. The molecular formula is C12H19NO2. The molecule has 0 bridgehead atoms. The normalized spacial score (nSPS) is 12.9. The number of benzene rings is 1. The highest BCUT2D eigenvalue weighted by molar-refractivity contribution is 5.36. The molecule has 0 aromatic heterocycles. The second-order valence-electron chi connectivity index (χ2n) is 4.00. The molecular weight excluding hydrogens is 190 g/mol. The van der Waals surface area contributed by atoms with Gasteiger partial charge in [-0.1, -0.05) is 6.07 Å². The Morgan fingerprint density at radius 2 is 2.07 bits per heavy atom. The van der Waals surface area contributed by atoms with Gasteiger partial charge in [-0.05, 0) is 44.3 Å². The van der Waals surface area contributed by atoms with Crippen molar-refractivity contribution < 1.29 is 9.84 Å². The van der Waals surface area contributed by atoms with E-state index in [2.05, 4.69) is 0 Å². The van der Waals surface area contributed by atoms with Gasteiger partial charge in [-0.15, -0.1) is 0 Å². The number of nitrogens with zero attached hydrogens (tertiary/aromatic N) is 1. The number of aryl methyl sites for hydroxylation is 1. The molecule has 1 N–H and O–H groups in total. The number of rotatable bonds is 4. The molecule has 0 amide bonds. The number of aliphatic hydroxyl groups excluding tert-OH is 1. The fourth-order valence-electron chi connectivity index (χ4n) is 1.59. The van der Waals surface area contributed by atoms with Crippen molar-refractivity contribution in [1.82, 2.24) is 4.90 Å². The lowest BCUT2D eigenvalue weighted by atomic mass is 10.0. The van der Waals surface area contributed by atoms with Crippen molar-refractivity contribution in [3.63, 3.8) is 0 Å². The second kappa shape index (κ2) is 5.14. The summed E-state index contributed by atoms with van der Waals surface area (Å²) in [7, 11) is 5.54. The van der Waals surface area contributed by atoms with Gasteiger partial charge in [0.2, 0.25) is 0 Å². The number of methoxy groups -OCH3 is 1. The zero-order valence-corrected chi connectivity index (χ0v) is 9.82.